The number of piperidine rings is 1. The SMILES string of the molecule is Cc1nnnn1-c1ccc(Oc2ncnc3c2cnn3C2CCN(C(=O)OC(=O)C(F)(F)F)CC2)cc1. The average molecular weight is 517 g/mol. The van der Waals surface area contributed by atoms with Crippen molar-refractivity contribution in [2.75, 3.05) is 13.1 Å². The van der Waals surface area contributed by atoms with Crippen LogP contribution in [-0.4, -0.2) is 76.2 Å². The molecule has 192 valence electrons. The number of alkyl halides is 3. The van der Waals surface area contributed by atoms with Crippen molar-refractivity contribution < 1.29 is 32.2 Å². The van der Waals surface area contributed by atoms with Crippen LogP contribution < -0.4 is 4.74 Å². The lowest BCUT2D eigenvalue weighted by atomic mass is 10.1. The molecule has 1 aliphatic heterocycles. The Kier molecular flexibility index (Phi) is 6.14. The minimum absolute atomic E-state index is 0.0809. The van der Waals surface area contributed by atoms with Gasteiger partial charge in [0.05, 0.1) is 17.9 Å². The Morgan fingerprint density at radius 3 is 2.46 bits per heavy atom. The van der Waals surface area contributed by atoms with E-state index in [1.165, 1.54) is 6.33 Å². The number of aromatic nitrogens is 8. The number of halogens is 3. The van der Waals surface area contributed by atoms with Gasteiger partial charge < -0.3 is 14.4 Å². The molecule has 1 aromatic carbocycles. The van der Waals surface area contributed by atoms with E-state index in [9.17, 15) is 22.8 Å². The largest absolute Gasteiger partial charge is 0.491 e. The van der Waals surface area contributed by atoms with Crippen LogP contribution in [0.15, 0.2) is 36.8 Å². The minimum atomic E-state index is -5.24. The van der Waals surface area contributed by atoms with Crippen LogP contribution in [0, 0.1) is 6.92 Å². The van der Waals surface area contributed by atoms with Gasteiger partial charge in [-0.3, -0.25) is 0 Å². The number of hydrogen-bond donors (Lipinski definition) is 0. The third-order valence-corrected chi connectivity index (χ3v) is 5.76. The van der Waals surface area contributed by atoms with Gasteiger partial charge in [0.2, 0.25) is 5.88 Å². The highest BCUT2D eigenvalue weighted by Crippen LogP contribution is 2.31. The van der Waals surface area contributed by atoms with Crippen molar-refractivity contribution in [3.8, 4) is 17.3 Å². The number of benzene rings is 1. The van der Waals surface area contributed by atoms with E-state index in [1.54, 1.807) is 46.7 Å². The molecule has 0 bridgehead atoms. The third kappa shape index (κ3) is 4.89. The Hall–Kier alpha value is -4.63. The van der Waals surface area contributed by atoms with E-state index >= 15 is 0 Å². The van der Waals surface area contributed by atoms with Gasteiger partial charge in [-0.1, -0.05) is 0 Å². The fourth-order valence-electron chi connectivity index (χ4n) is 3.92. The Morgan fingerprint density at radius 1 is 1.08 bits per heavy atom. The first-order chi connectivity index (χ1) is 17.7. The monoisotopic (exact) mass is 517 g/mol. The first kappa shape index (κ1) is 24.1. The summed E-state index contributed by atoms with van der Waals surface area (Å²) >= 11 is 0. The molecule has 4 heterocycles. The molecule has 0 N–H and O–H groups in total. The zero-order valence-corrected chi connectivity index (χ0v) is 19.2. The number of tetrazole rings is 1. The summed E-state index contributed by atoms with van der Waals surface area (Å²) in [6.45, 7) is 1.94. The molecule has 0 atom stereocenters. The van der Waals surface area contributed by atoms with E-state index in [4.69, 9.17) is 4.74 Å². The summed E-state index contributed by atoms with van der Waals surface area (Å²) in [5, 5.41) is 16.4. The molecule has 16 heteroatoms. The van der Waals surface area contributed by atoms with Gasteiger partial charge >= 0.3 is 18.2 Å². The van der Waals surface area contributed by atoms with Gasteiger partial charge in [-0.05, 0) is 54.5 Å². The Labute approximate surface area is 205 Å². The Bertz CT molecular complexity index is 1440. The lowest BCUT2D eigenvalue weighted by Crippen LogP contribution is -2.42. The smallest absolute Gasteiger partial charge is 0.438 e. The van der Waals surface area contributed by atoms with Crippen molar-refractivity contribution in [3.63, 3.8) is 0 Å². The Balaban J connectivity index is 1.26. The summed E-state index contributed by atoms with van der Waals surface area (Å²) in [7, 11) is 0. The number of nitrogens with zero attached hydrogens (tertiary/aromatic N) is 9. The molecule has 37 heavy (non-hydrogen) atoms. The number of aryl methyl sites for hydroxylation is 1. The summed E-state index contributed by atoms with van der Waals surface area (Å²) in [5.41, 5.74) is 1.26. The van der Waals surface area contributed by atoms with Crippen molar-refractivity contribution in [3.05, 3.63) is 42.6 Å². The number of fused-ring (bicyclic) bond motifs is 1. The van der Waals surface area contributed by atoms with Crippen LogP contribution in [0.2, 0.25) is 0 Å². The maximum absolute atomic E-state index is 12.3. The second-order valence-corrected chi connectivity index (χ2v) is 8.11. The highest BCUT2D eigenvalue weighted by Gasteiger charge is 2.43. The number of hydrogen-bond acceptors (Lipinski definition) is 10. The molecule has 1 aliphatic rings. The summed E-state index contributed by atoms with van der Waals surface area (Å²) in [4.78, 5) is 32.4. The normalized spacial score (nSPS) is 14.6. The van der Waals surface area contributed by atoms with Gasteiger partial charge in [0.15, 0.2) is 11.5 Å². The van der Waals surface area contributed by atoms with E-state index in [-0.39, 0.29) is 25.0 Å². The predicted octanol–water partition coefficient (Wildman–Crippen LogP) is 2.77. The fraction of sp³-hybridized carbons (Fsp3) is 0.333. The molecule has 0 aliphatic carbocycles. The topological polar surface area (TPSA) is 143 Å². The zero-order chi connectivity index (χ0) is 26.2. The average Bonchev–Trinajstić information content (AvgIpc) is 3.51. The third-order valence-electron chi connectivity index (χ3n) is 5.76. The van der Waals surface area contributed by atoms with Crippen LogP contribution in [-0.2, 0) is 9.53 Å². The van der Waals surface area contributed by atoms with Crippen LogP contribution in [0.1, 0.15) is 24.7 Å². The number of ether oxygens (including phenoxy) is 2. The molecular formula is C21H18F3N9O4. The minimum Gasteiger partial charge on any atom is -0.438 e. The van der Waals surface area contributed by atoms with Crippen LogP contribution in [0.5, 0.6) is 11.6 Å². The summed E-state index contributed by atoms with van der Waals surface area (Å²) < 4.78 is 50.1. The van der Waals surface area contributed by atoms with Gasteiger partial charge in [0.1, 0.15) is 17.5 Å². The van der Waals surface area contributed by atoms with Crippen molar-refractivity contribution in [2.24, 2.45) is 0 Å². The zero-order valence-electron chi connectivity index (χ0n) is 19.2. The second-order valence-electron chi connectivity index (χ2n) is 8.11. The van der Waals surface area contributed by atoms with Crippen LogP contribution in [0.4, 0.5) is 18.0 Å². The highest BCUT2D eigenvalue weighted by molar-refractivity contribution is 5.87. The van der Waals surface area contributed by atoms with Crippen LogP contribution >= 0.6 is 0 Å². The number of likely N-dealkylation sites (tertiary alicyclic amines) is 1. The van der Waals surface area contributed by atoms with E-state index in [0.717, 1.165) is 10.6 Å². The standard InChI is InChI=1S/C21H18F3N9O4/c1-12-28-29-30-32(12)13-2-4-15(5-3-13)36-18-16-10-27-33(17(16)25-11-26-18)14-6-8-31(9-7-14)20(35)37-19(34)21(22,23)24/h2-5,10-11,14H,6-9H2,1H3. The maximum atomic E-state index is 12.3. The van der Waals surface area contributed by atoms with Gasteiger partial charge in [-0.15, -0.1) is 5.10 Å². The lowest BCUT2D eigenvalue weighted by molar-refractivity contribution is -0.193. The molecule has 0 saturated carbocycles. The molecule has 0 unspecified atom stereocenters. The van der Waals surface area contributed by atoms with E-state index in [2.05, 4.69) is 35.3 Å². The van der Waals surface area contributed by atoms with Gasteiger partial charge in [0.25, 0.3) is 0 Å². The molecule has 4 aromatic rings. The van der Waals surface area contributed by atoms with Crippen molar-refractivity contribution in [2.45, 2.75) is 32.0 Å². The number of carbonyl (C=O) groups is 2. The molecule has 1 amide bonds. The van der Waals surface area contributed by atoms with Gasteiger partial charge in [0, 0.05) is 13.1 Å². The van der Waals surface area contributed by atoms with Crippen LogP contribution in [0.25, 0.3) is 16.7 Å². The number of carbonyl (C=O) groups excluding carboxylic acids is 2. The molecule has 0 spiro atoms. The second kappa shape index (κ2) is 9.44. The van der Waals surface area contributed by atoms with Crippen molar-refractivity contribution >= 4 is 23.1 Å². The Morgan fingerprint density at radius 2 is 1.81 bits per heavy atom. The first-order valence-corrected chi connectivity index (χ1v) is 11.0. The molecule has 5 rings (SSSR count). The van der Waals surface area contributed by atoms with Crippen LogP contribution in [0.3, 0.4) is 0 Å². The van der Waals surface area contributed by atoms with Crippen molar-refractivity contribution in [1.29, 1.82) is 0 Å². The molecule has 1 fully saturated rings. The summed E-state index contributed by atoms with van der Waals surface area (Å²) in [6.07, 6.45) is -2.94. The van der Waals surface area contributed by atoms with E-state index in [0.29, 0.717) is 35.4 Å². The molecule has 13 nitrogen and oxygen atoms in total. The lowest BCUT2D eigenvalue weighted by Gasteiger charge is -2.31. The number of amides is 1. The first-order valence-electron chi connectivity index (χ1n) is 11.0. The number of rotatable bonds is 4. The predicted molar refractivity (Wildman–Crippen MR) is 117 cm³/mol. The molecule has 1 saturated heterocycles. The van der Waals surface area contributed by atoms with Gasteiger partial charge in [-0.25, -0.2) is 24.2 Å². The molecule has 0 radical (unpaired) electrons. The molecular weight excluding hydrogens is 499 g/mol. The van der Waals surface area contributed by atoms with Gasteiger partial charge in [-0.2, -0.15) is 23.0 Å². The van der Waals surface area contributed by atoms with E-state index in [1.807, 2.05) is 0 Å². The summed E-state index contributed by atoms with van der Waals surface area (Å²) in [5.74, 6) is -1.10. The summed E-state index contributed by atoms with van der Waals surface area (Å²) in [6, 6.07) is 6.88. The van der Waals surface area contributed by atoms with E-state index < -0.39 is 18.2 Å². The maximum Gasteiger partial charge on any atom is 0.491 e. The van der Waals surface area contributed by atoms with Crippen molar-refractivity contribution in [1.82, 2.24) is 44.9 Å². The fourth-order valence-corrected chi connectivity index (χ4v) is 3.92. The quantitative estimate of drug-likeness (QED) is 0.293. The molecule has 3 aromatic heterocycles. The number of esters is 1. The highest BCUT2D eigenvalue weighted by atomic mass is 19.4.